The monoisotopic (exact) mass is 251 g/mol. The molecule has 1 aliphatic carbocycles. The Morgan fingerprint density at radius 2 is 2.33 bits per heavy atom. The molecule has 0 saturated heterocycles. The van der Waals surface area contributed by atoms with Crippen molar-refractivity contribution in [2.24, 2.45) is 5.92 Å². The molecule has 0 radical (unpaired) electrons. The van der Waals surface area contributed by atoms with Crippen LogP contribution in [0.3, 0.4) is 0 Å². The molecule has 0 aromatic carbocycles. The van der Waals surface area contributed by atoms with Crippen LogP contribution in [0.25, 0.3) is 0 Å². The van der Waals surface area contributed by atoms with Gasteiger partial charge in [0.05, 0.1) is 5.60 Å². The lowest BCUT2D eigenvalue weighted by Gasteiger charge is -2.36. The first kappa shape index (κ1) is 13.1. The van der Waals surface area contributed by atoms with Gasteiger partial charge in [-0.25, -0.2) is 0 Å². The third-order valence-corrected chi connectivity index (χ3v) is 3.35. The van der Waals surface area contributed by atoms with Gasteiger partial charge in [-0.15, -0.1) is 0 Å². The van der Waals surface area contributed by atoms with Crippen LogP contribution in [0.1, 0.15) is 49.3 Å². The van der Waals surface area contributed by atoms with Gasteiger partial charge in [0.15, 0.2) is 0 Å². The van der Waals surface area contributed by atoms with Crippen molar-refractivity contribution in [1.29, 1.82) is 0 Å². The molecule has 0 spiro atoms. The Hall–Kier alpha value is -1.36. The molecular weight excluding hydrogens is 230 g/mol. The summed E-state index contributed by atoms with van der Waals surface area (Å²) in [4.78, 5) is 11.8. The largest absolute Gasteiger partial charge is 0.388 e. The van der Waals surface area contributed by atoms with Gasteiger partial charge in [0.2, 0.25) is 0 Å². The van der Waals surface area contributed by atoms with Gasteiger partial charge in [0, 0.05) is 12.2 Å². The molecular formula is C13H21N3O2. The zero-order valence-corrected chi connectivity index (χ0v) is 11.0. The molecule has 1 fully saturated rings. The topological polar surface area (TPSA) is 78.0 Å². The van der Waals surface area contributed by atoms with E-state index in [1.807, 2.05) is 0 Å². The highest BCUT2D eigenvalue weighted by atomic mass is 16.3. The summed E-state index contributed by atoms with van der Waals surface area (Å²) in [5.41, 5.74) is 0.679. The number of aromatic amines is 1. The van der Waals surface area contributed by atoms with Crippen molar-refractivity contribution >= 4 is 5.91 Å². The first-order chi connectivity index (χ1) is 8.48. The van der Waals surface area contributed by atoms with Crippen LogP contribution < -0.4 is 5.32 Å². The molecule has 1 aromatic heterocycles. The predicted molar refractivity (Wildman–Crippen MR) is 68.3 cm³/mol. The van der Waals surface area contributed by atoms with Crippen molar-refractivity contribution in [3.8, 4) is 0 Å². The summed E-state index contributed by atoms with van der Waals surface area (Å²) in [5, 5.41) is 19.5. The van der Waals surface area contributed by atoms with E-state index in [1.165, 1.54) is 0 Å². The Balaban J connectivity index is 1.86. The van der Waals surface area contributed by atoms with Crippen molar-refractivity contribution in [3.63, 3.8) is 0 Å². The standard InChI is InChI=1S/C13H21N3O2/c1-9(2)6-10-7-11(16-15-10)12(17)14-8-13(18)4-3-5-13/h7,9,18H,3-6,8H2,1-2H3,(H,14,17)(H,15,16). The van der Waals surface area contributed by atoms with E-state index in [1.54, 1.807) is 6.07 Å². The van der Waals surface area contributed by atoms with Gasteiger partial charge >= 0.3 is 0 Å². The van der Waals surface area contributed by atoms with E-state index in [-0.39, 0.29) is 5.91 Å². The number of hydrogen-bond acceptors (Lipinski definition) is 3. The summed E-state index contributed by atoms with van der Waals surface area (Å²) in [7, 11) is 0. The highest BCUT2D eigenvalue weighted by molar-refractivity contribution is 5.92. The molecule has 0 aliphatic heterocycles. The maximum Gasteiger partial charge on any atom is 0.271 e. The molecule has 1 amide bonds. The third-order valence-electron chi connectivity index (χ3n) is 3.35. The average molecular weight is 251 g/mol. The fourth-order valence-electron chi connectivity index (χ4n) is 2.12. The van der Waals surface area contributed by atoms with Crippen LogP contribution in [0.5, 0.6) is 0 Å². The fraction of sp³-hybridized carbons (Fsp3) is 0.692. The van der Waals surface area contributed by atoms with Crippen molar-refractivity contribution in [2.75, 3.05) is 6.54 Å². The van der Waals surface area contributed by atoms with Crippen molar-refractivity contribution in [3.05, 3.63) is 17.5 Å². The van der Waals surface area contributed by atoms with Crippen LogP contribution >= 0.6 is 0 Å². The highest BCUT2D eigenvalue weighted by Gasteiger charge is 2.34. The second-order valence-corrected chi connectivity index (χ2v) is 5.64. The minimum atomic E-state index is -0.688. The number of hydrogen-bond donors (Lipinski definition) is 3. The Morgan fingerprint density at radius 1 is 1.61 bits per heavy atom. The summed E-state index contributed by atoms with van der Waals surface area (Å²) in [6.07, 6.45) is 3.45. The molecule has 0 atom stereocenters. The van der Waals surface area contributed by atoms with Gasteiger partial charge in [-0.1, -0.05) is 13.8 Å². The lowest BCUT2D eigenvalue weighted by Crippen LogP contribution is -2.47. The van der Waals surface area contributed by atoms with Gasteiger partial charge in [-0.2, -0.15) is 5.10 Å². The molecule has 5 nitrogen and oxygen atoms in total. The van der Waals surface area contributed by atoms with Crippen LogP contribution in [-0.4, -0.2) is 33.4 Å². The lowest BCUT2D eigenvalue weighted by atomic mass is 9.80. The zero-order chi connectivity index (χ0) is 13.2. The van der Waals surface area contributed by atoms with Crippen molar-refractivity contribution in [1.82, 2.24) is 15.5 Å². The van der Waals surface area contributed by atoms with Gasteiger partial charge < -0.3 is 10.4 Å². The van der Waals surface area contributed by atoms with E-state index in [2.05, 4.69) is 29.4 Å². The van der Waals surface area contributed by atoms with Gasteiger partial charge in [0.25, 0.3) is 5.91 Å². The molecule has 3 N–H and O–H groups in total. The molecule has 1 heterocycles. The number of aliphatic hydroxyl groups is 1. The van der Waals surface area contributed by atoms with Crippen LogP contribution in [0.4, 0.5) is 0 Å². The van der Waals surface area contributed by atoms with E-state index in [9.17, 15) is 9.90 Å². The third kappa shape index (κ3) is 3.10. The fourth-order valence-corrected chi connectivity index (χ4v) is 2.12. The van der Waals surface area contributed by atoms with E-state index in [0.29, 0.717) is 18.2 Å². The van der Waals surface area contributed by atoms with Gasteiger partial charge in [-0.05, 0) is 37.7 Å². The van der Waals surface area contributed by atoms with Crippen LogP contribution in [0.2, 0.25) is 0 Å². The Morgan fingerprint density at radius 3 is 2.89 bits per heavy atom. The summed E-state index contributed by atoms with van der Waals surface area (Å²) < 4.78 is 0. The smallest absolute Gasteiger partial charge is 0.271 e. The predicted octanol–water partition coefficient (Wildman–Crippen LogP) is 1.25. The average Bonchev–Trinajstić information content (AvgIpc) is 2.70. The van der Waals surface area contributed by atoms with E-state index < -0.39 is 5.60 Å². The first-order valence-electron chi connectivity index (χ1n) is 6.53. The van der Waals surface area contributed by atoms with Crippen LogP contribution in [0, 0.1) is 5.92 Å². The summed E-state index contributed by atoms with van der Waals surface area (Å²) in [6.45, 7) is 4.55. The highest BCUT2D eigenvalue weighted by Crippen LogP contribution is 2.30. The molecule has 18 heavy (non-hydrogen) atoms. The van der Waals surface area contributed by atoms with Gasteiger partial charge in [-0.3, -0.25) is 9.89 Å². The SMILES string of the molecule is CC(C)Cc1cc(C(=O)NCC2(O)CCC2)n[nH]1. The van der Waals surface area contributed by atoms with Gasteiger partial charge in [0.1, 0.15) is 5.69 Å². The Kier molecular flexibility index (Phi) is 3.71. The summed E-state index contributed by atoms with van der Waals surface area (Å²) in [6, 6.07) is 1.78. The number of carbonyl (C=O) groups is 1. The van der Waals surface area contributed by atoms with Crippen LogP contribution in [0.15, 0.2) is 6.07 Å². The minimum absolute atomic E-state index is 0.221. The number of aromatic nitrogens is 2. The zero-order valence-electron chi connectivity index (χ0n) is 11.0. The number of nitrogens with zero attached hydrogens (tertiary/aromatic N) is 1. The molecule has 1 saturated carbocycles. The molecule has 2 rings (SSSR count). The molecule has 1 aliphatic rings. The number of carbonyl (C=O) groups excluding carboxylic acids is 1. The molecule has 0 bridgehead atoms. The number of H-pyrrole nitrogens is 1. The quantitative estimate of drug-likeness (QED) is 0.737. The van der Waals surface area contributed by atoms with E-state index in [0.717, 1.165) is 31.4 Å². The van der Waals surface area contributed by atoms with Crippen molar-refractivity contribution in [2.45, 2.75) is 45.1 Å². The second kappa shape index (κ2) is 5.10. The van der Waals surface area contributed by atoms with E-state index in [4.69, 9.17) is 0 Å². The first-order valence-corrected chi connectivity index (χ1v) is 6.53. The summed E-state index contributed by atoms with van der Waals surface area (Å²) in [5.74, 6) is 0.304. The second-order valence-electron chi connectivity index (χ2n) is 5.64. The molecule has 100 valence electrons. The maximum atomic E-state index is 11.8. The molecule has 5 heteroatoms. The molecule has 0 unspecified atom stereocenters. The maximum absolute atomic E-state index is 11.8. The van der Waals surface area contributed by atoms with E-state index >= 15 is 0 Å². The lowest BCUT2D eigenvalue weighted by molar-refractivity contribution is -0.0300. The Bertz CT molecular complexity index is 422. The van der Waals surface area contributed by atoms with Crippen molar-refractivity contribution < 1.29 is 9.90 Å². The number of rotatable bonds is 5. The molecule has 1 aromatic rings. The Labute approximate surface area is 107 Å². The van der Waals surface area contributed by atoms with Crippen LogP contribution in [-0.2, 0) is 6.42 Å². The summed E-state index contributed by atoms with van der Waals surface area (Å²) >= 11 is 0. The normalized spacial score (nSPS) is 17.6. The minimum Gasteiger partial charge on any atom is -0.388 e. The number of nitrogens with one attached hydrogen (secondary N) is 2. The number of amides is 1.